The van der Waals surface area contributed by atoms with Gasteiger partial charge in [0.05, 0.1) is 6.54 Å². The number of nitrogens with zero attached hydrogens (tertiary/aromatic N) is 2. The fourth-order valence-corrected chi connectivity index (χ4v) is 1.80. The number of aromatic nitrogens is 2. The highest BCUT2D eigenvalue weighted by Gasteiger charge is 2.18. The lowest BCUT2D eigenvalue weighted by Crippen LogP contribution is -2.11. The first kappa shape index (κ1) is 13.1. The van der Waals surface area contributed by atoms with Gasteiger partial charge in [-0.1, -0.05) is 29.8 Å². The molecule has 6 nitrogen and oxygen atoms in total. The third kappa shape index (κ3) is 2.74. The molecule has 0 amide bonds. The van der Waals surface area contributed by atoms with Gasteiger partial charge in [0.25, 0.3) is 0 Å². The van der Waals surface area contributed by atoms with E-state index in [1.54, 1.807) is 24.3 Å². The van der Waals surface area contributed by atoms with Crippen LogP contribution in [0.1, 0.15) is 26.5 Å². The van der Waals surface area contributed by atoms with Crippen LogP contribution < -0.4 is 0 Å². The third-order valence-electron chi connectivity index (χ3n) is 2.50. The quantitative estimate of drug-likeness (QED) is 0.893. The molecule has 0 aliphatic carbocycles. The van der Waals surface area contributed by atoms with Crippen LogP contribution in [-0.2, 0) is 6.54 Å². The highest BCUT2D eigenvalue weighted by molar-refractivity contribution is 6.31. The number of aromatic carboxylic acids is 2. The van der Waals surface area contributed by atoms with Crippen LogP contribution in [-0.4, -0.2) is 31.9 Å². The van der Waals surface area contributed by atoms with Crippen molar-refractivity contribution >= 4 is 23.5 Å². The molecule has 1 aromatic heterocycles. The average molecular weight is 281 g/mol. The van der Waals surface area contributed by atoms with Crippen LogP contribution in [0.5, 0.6) is 0 Å². The number of rotatable bonds is 4. The van der Waals surface area contributed by atoms with E-state index in [4.69, 9.17) is 21.8 Å². The maximum atomic E-state index is 11.0. The van der Waals surface area contributed by atoms with Crippen LogP contribution >= 0.6 is 11.6 Å². The Labute approximate surface area is 112 Å². The van der Waals surface area contributed by atoms with Gasteiger partial charge in [-0.25, -0.2) is 9.59 Å². The summed E-state index contributed by atoms with van der Waals surface area (Å²) in [7, 11) is 0. The van der Waals surface area contributed by atoms with Crippen molar-refractivity contribution in [1.29, 1.82) is 0 Å². The first-order valence-corrected chi connectivity index (χ1v) is 5.64. The van der Waals surface area contributed by atoms with E-state index in [-0.39, 0.29) is 17.9 Å². The van der Waals surface area contributed by atoms with E-state index in [1.807, 2.05) is 0 Å². The van der Waals surface area contributed by atoms with Crippen molar-refractivity contribution in [2.75, 3.05) is 0 Å². The summed E-state index contributed by atoms with van der Waals surface area (Å²) in [5.74, 6) is -2.52. The molecule has 2 N–H and O–H groups in total. The van der Waals surface area contributed by atoms with Gasteiger partial charge in [-0.15, -0.1) is 0 Å². The second-order valence-electron chi connectivity index (χ2n) is 3.77. The molecule has 2 aromatic rings. The van der Waals surface area contributed by atoms with Crippen molar-refractivity contribution in [2.45, 2.75) is 6.54 Å². The zero-order valence-electron chi connectivity index (χ0n) is 9.58. The molecule has 1 heterocycles. The minimum atomic E-state index is -1.28. The van der Waals surface area contributed by atoms with E-state index < -0.39 is 11.9 Å². The highest BCUT2D eigenvalue weighted by atomic mass is 35.5. The summed E-state index contributed by atoms with van der Waals surface area (Å²) in [5.41, 5.74) is 0.147. The Kier molecular flexibility index (Phi) is 3.52. The Morgan fingerprint density at radius 1 is 1.21 bits per heavy atom. The molecule has 0 unspecified atom stereocenters. The second kappa shape index (κ2) is 5.11. The van der Waals surface area contributed by atoms with Crippen LogP contribution in [0.25, 0.3) is 0 Å². The van der Waals surface area contributed by atoms with E-state index in [1.165, 1.54) is 0 Å². The Balaban J connectivity index is 2.42. The van der Waals surface area contributed by atoms with Crippen molar-refractivity contribution in [3.63, 3.8) is 0 Å². The molecule has 0 saturated heterocycles. The molecule has 19 heavy (non-hydrogen) atoms. The van der Waals surface area contributed by atoms with E-state index in [0.29, 0.717) is 10.6 Å². The van der Waals surface area contributed by atoms with Crippen molar-refractivity contribution < 1.29 is 19.8 Å². The normalized spacial score (nSPS) is 10.4. The van der Waals surface area contributed by atoms with Gasteiger partial charge in [0.1, 0.15) is 5.69 Å². The molecule has 0 atom stereocenters. The molecule has 0 aliphatic rings. The van der Waals surface area contributed by atoms with Gasteiger partial charge in [0, 0.05) is 11.1 Å². The standard InChI is InChI=1S/C12H9ClN2O4/c13-8-4-2-1-3-7(8)6-15-10(12(18)19)5-9(14-15)11(16)17/h1-5H,6H2,(H,16,17)(H,18,19). The zero-order chi connectivity index (χ0) is 14.0. The maximum absolute atomic E-state index is 11.0. The number of carbonyl (C=O) groups is 2. The van der Waals surface area contributed by atoms with Gasteiger partial charge in [-0.2, -0.15) is 5.10 Å². The summed E-state index contributed by atoms with van der Waals surface area (Å²) in [6.45, 7) is 0.0919. The van der Waals surface area contributed by atoms with Gasteiger partial charge < -0.3 is 10.2 Å². The molecule has 0 bridgehead atoms. The van der Waals surface area contributed by atoms with E-state index >= 15 is 0 Å². The van der Waals surface area contributed by atoms with E-state index in [0.717, 1.165) is 10.7 Å². The van der Waals surface area contributed by atoms with Gasteiger partial charge in [0.2, 0.25) is 0 Å². The molecule has 0 fully saturated rings. The SMILES string of the molecule is O=C(O)c1cc(C(=O)O)n(Cc2ccccc2Cl)n1. The number of halogens is 1. The molecule has 2 rings (SSSR count). The number of benzene rings is 1. The molecule has 0 saturated carbocycles. The van der Waals surface area contributed by atoms with Crippen molar-refractivity contribution in [1.82, 2.24) is 9.78 Å². The predicted molar refractivity (Wildman–Crippen MR) is 66.7 cm³/mol. The minimum absolute atomic E-state index is 0.0919. The van der Waals surface area contributed by atoms with Crippen molar-refractivity contribution in [2.24, 2.45) is 0 Å². The summed E-state index contributed by atoms with van der Waals surface area (Å²) >= 11 is 5.97. The summed E-state index contributed by atoms with van der Waals surface area (Å²) in [6, 6.07) is 7.90. The van der Waals surface area contributed by atoms with Crippen LogP contribution in [0, 0.1) is 0 Å². The third-order valence-corrected chi connectivity index (χ3v) is 2.86. The van der Waals surface area contributed by atoms with Crippen LogP contribution in [0.15, 0.2) is 30.3 Å². The molecule has 0 spiro atoms. The number of hydrogen-bond donors (Lipinski definition) is 2. The van der Waals surface area contributed by atoms with Crippen LogP contribution in [0.4, 0.5) is 0 Å². The summed E-state index contributed by atoms with van der Waals surface area (Å²) < 4.78 is 1.10. The summed E-state index contributed by atoms with van der Waals surface area (Å²) in [5, 5.41) is 22.1. The minimum Gasteiger partial charge on any atom is -0.477 e. The lowest BCUT2D eigenvalue weighted by molar-refractivity contribution is 0.0676. The van der Waals surface area contributed by atoms with Gasteiger partial charge in [0.15, 0.2) is 5.69 Å². The molecular formula is C12H9ClN2O4. The number of hydrogen-bond acceptors (Lipinski definition) is 3. The Hall–Kier alpha value is -2.34. The van der Waals surface area contributed by atoms with Crippen LogP contribution in [0.3, 0.4) is 0 Å². The number of carboxylic acid groups (broad SMARTS) is 2. The molecular weight excluding hydrogens is 272 g/mol. The van der Waals surface area contributed by atoms with Gasteiger partial charge in [-0.3, -0.25) is 4.68 Å². The number of carboxylic acids is 2. The monoisotopic (exact) mass is 280 g/mol. The fourth-order valence-electron chi connectivity index (χ4n) is 1.60. The van der Waals surface area contributed by atoms with E-state index in [2.05, 4.69) is 5.10 Å². The highest BCUT2D eigenvalue weighted by Crippen LogP contribution is 2.17. The smallest absolute Gasteiger partial charge is 0.356 e. The average Bonchev–Trinajstić information content (AvgIpc) is 2.76. The largest absolute Gasteiger partial charge is 0.477 e. The maximum Gasteiger partial charge on any atom is 0.356 e. The Morgan fingerprint density at radius 2 is 1.89 bits per heavy atom. The van der Waals surface area contributed by atoms with Gasteiger partial charge >= 0.3 is 11.9 Å². The Bertz CT molecular complexity index is 651. The molecule has 0 radical (unpaired) electrons. The Morgan fingerprint density at radius 3 is 2.47 bits per heavy atom. The van der Waals surface area contributed by atoms with E-state index in [9.17, 15) is 9.59 Å². The fraction of sp³-hybridized carbons (Fsp3) is 0.0833. The zero-order valence-corrected chi connectivity index (χ0v) is 10.3. The van der Waals surface area contributed by atoms with Crippen LogP contribution in [0.2, 0.25) is 5.02 Å². The lowest BCUT2D eigenvalue weighted by Gasteiger charge is -2.06. The second-order valence-corrected chi connectivity index (χ2v) is 4.18. The lowest BCUT2D eigenvalue weighted by atomic mass is 10.2. The molecule has 0 aliphatic heterocycles. The summed E-state index contributed by atoms with van der Waals surface area (Å²) in [6.07, 6.45) is 0. The molecule has 98 valence electrons. The van der Waals surface area contributed by atoms with Crippen molar-refractivity contribution in [3.05, 3.63) is 52.3 Å². The first-order valence-electron chi connectivity index (χ1n) is 5.27. The first-order chi connectivity index (χ1) is 8.99. The topological polar surface area (TPSA) is 92.4 Å². The van der Waals surface area contributed by atoms with Crippen molar-refractivity contribution in [3.8, 4) is 0 Å². The molecule has 7 heteroatoms. The van der Waals surface area contributed by atoms with Gasteiger partial charge in [-0.05, 0) is 11.6 Å². The predicted octanol–water partition coefficient (Wildman–Crippen LogP) is 1.98. The summed E-state index contributed by atoms with van der Waals surface area (Å²) in [4.78, 5) is 21.9. The molecule has 1 aromatic carbocycles.